The number of hydrogen-bond acceptors (Lipinski definition) is 2. The van der Waals surface area contributed by atoms with Crippen molar-refractivity contribution in [3.05, 3.63) is 36.0 Å². The van der Waals surface area contributed by atoms with E-state index in [0.717, 1.165) is 19.3 Å². The summed E-state index contributed by atoms with van der Waals surface area (Å²) in [5, 5.41) is 0. The molecule has 1 amide bonds. The lowest BCUT2D eigenvalue weighted by Crippen LogP contribution is -2.43. The monoisotopic (exact) mass is 474 g/mol. The second-order valence-corrected chi connectivity index (χ2v) is 9.54. The Bertz CT molecular complexity index is 593. The summed E-state index contributed by atoms with van der Waals surface area (Å²) in [7, 11) is 0. The van der Waals surface area contributed by atoms with Gasteiger partial charge in [-0.1, -0.05) is 124 Å². The fourth-order valence-corrected chi connectivity index (χ4v) is 3.98. The summed E-state index contributed by atoms with van der Waals surface area (Å²) in [5.41, 5.74) is 1.37. The average molecular weight is 476 g/mol. The molecule has 1 aromatic rings. The Labute approximate surface area is 198 Å². The van der Waals surface area contributed by atoms with Gasteiger partial charge in [-0.25, -0.2) is 4.98 Å². The molecule has 0 atom stereocenters. The van der Waals surface area contributed by atoms with Gasteiger partial charge in [0.05, 0.1) is 0 Å². The topological polar surface area (TPSA) is 33.2 Å². The van der Waals surface area contributed by atoms with Gasteiger partial charge >= 0.3 is 0 Å². The SMILES string of the molecule is CCCCCCCCCCCCCCC(Cl)(Cl)C(=O)N(C/C=C/Cl)c1ccccn1. The number of anilines is 1. The van der Waals surface area contributed by atoms with Gasteiger partial charge in [0, 0.05) is 18.3 Å². The molecule has 1 aromatic heterocycles. The number of hydrogen-bond donors (Lipinski definition) is 0. The summed E-state index contributed by atoms with van der Waals surface area (Å²) in [6, 6.07) is 5.38. The van der Waals surface area contributed by atoms with Crippen LogP contribution in [0.1, 0.15) is 90.4 Å². The molecular weight excluding hydrogens is 439 g/mol. The highest BCUT2D eigenvalue weighted by Gasteiger charge is 2.37. The number of aromatic nitrogens is 1. The number of carbonyl (C=O) groups excluding carboxylic acids is 1. The number of pyridine rings is 1. The molecule has 0 aromatic carbocycles. The highest BCUT2D eigenvalue weighted by Crippen LogP contribution is 2.32. The van der Waals surface area contributed by atoms with Gasteiger partial charge in [-0.3, -0.25) is 9.69 Å². The van der Waals surface area contributed by atoms with E-state index in [9.17, 15) is 4.79 Å². The van der Waals surface area contributed by atoms with E-state index in [2.05, 4.69) is 11.9 Å². The molecule has 0 radical (unpaired) electrons. The van der Waals surface area contributed by atoms with Gasteiger partial charge in [0.1, 0.15) is 5.82 Å². The van der Waals surface area contributed by atoms with Gasteiger partial charge in [0.25, 0.3) is 5.91 Å². The van der Waals surface area contributed by atoms with Crippen molar-refractivity contribution in [2.24, 2.45) is 0 Å². The van der Waals surface area contributed by atoms with Gasteiger partial charge in [-0.2, -0.15) is 0 Å². The van der Waals surface area contributed by atoms with Crippen molar-refractivity contribution in [2.75, 3.05) is 11.4 Å². The minimum atomic E-state index is -1.46. The zero-order valence-corrected chi connectivity index (χ0v) is 20.6. The van der Waals surface area contributed by atoms with Crippen molar-refractivity contribution in [2.45, 2.75) is 94.7 Å². The van der Waals surface area contributed by atoms with Gasteiger partial charge in [-0.15, -0.1) is 0 Å². The molecule has 30 heavy (non-hydrogen) atoms. The minimum absolute atomic E-state index is 0.277. The van der Waals surface area contributed by atoms with Crippen molar-refractivity contribution >= 4 is 46.5 Å². The standard InChI is InChI=1S/C24H37Cl3N2O/c1-2-3-4-5-6-7-8-9-10-11-12-14-18-24(26,27)23(30)29(21-16-19-25)22-17-13-15-20-28-22/h13,15-17,19-20H,2-12,14,18,21H2,1H3/b19-16+. The molecule has 0 aliphatic heterocycles. The van der Waals surface area contributed by atoms with Crippen LogP contribution in [0, 0.1) is 0 Å². The first-order valence-corrected chi connectivity index (χ1v) is 12.6. The van der Waals surface area contributed by atoms with E-state index in [4.69, 9.17) is 34.8 Å². The summed E-state index contributed by atoms with van der Waals surface area (Å²) in [4.78, 5) is 18.7. The van der Waals surface area contributed by atoms with Crippen LogP contribution in [0.2, 0.25) is 0 Å². The maximum Gasteiger partial charge on any atom is 0.264 e. The lowest BCUT2D eigenvalue weighted by Gasteiger charge is -2.27. The van der Waals surface area contributed by atoms with E-state index in [-0.39, 0.29) is 12.5 Å². The maximum absolute atomic E-state index is 12.9. The van der Waals surface area contributed by atoms with Crippen molar-refractivity contribution in [1.29, 1.82) is 0 Å². The number of carbonyl (C=O) groups is 1. The zero-order valence-electron chi connectivity index (χ0n) is 18.3. The van der Waals surface area contributed by atoms with Crippen molar-refractivity contribution in [3.8, 4) is 0 Å². The number of rotatable bonds is 17. The molecule has 0 spiro atoms. The molecule has 1 rings (SSSR count). The summed E-state index contributed by atoms with van der Waals surface area (Å²) >= 11 is 18.5. The largest absolute Gasteiger partial charge is 0.290 e. The molecule has 0 aliphatic rings. The van der Waals surface area contributed by atoms with E-state index < -0.39 is 4.33 Å². The van der Waals surface area contributed by atoms with Crippen LogP contribution in [0.25, 0.3) is 0 Å². The van der Waals surface area contributed by atoms with Crippen LogP contribution in [-0.4, -0.2) is 21.8 Å². The summed E-state index contributed by atoms with van der Waals surface area (Å²) < 4.78 is -1.46. The average Bonchev–Trinajstić information content (AvgIpc) is 2.75. The predicted molar refractivity (Wildman–Crippen MR) is 132 cm³/mol. The Morgan fingerprint density at radius 3 is 2.03 bits per heavy atom. The number of halogens is 3. The fourth-order valence-electron chi connectivity index (χ4n) is 3.43. The van der Waals surface area contributed by atoms with Gasteiger partial charge in [-0.05, 0) is 25.0 Å². The molecule has 170 valence electrons. The molecule has 0 fully saturated rings. The van der Waals surface area contributed by atoms with E-state index >= 15 is 0 Å². The second kappa shape index (κ2) is 16.9. The highest BCUT2D eigenvalue weighted by atomic mass is 35.5. The summed E-state index contributed by atoms with van der Waals surface area (Å²) in [5.74, 6) is 0.153. The first kappa shape index (κ1) is 27.3. The Morgan fingerprint density at radius 1 is 0.967 bits per heavy atom. The van der Waals surface area contributed by atoms with Gasteiger partial charge < -0.3 is 0 Å². The van der Waals surface area contributed by atoms with Crippen LogP contribution in [0.3, 0.4) is 0 Å². The molecule has 0 aliphatic carbocycles. The van der Waals surface area contributed by atoms with Gasteiger partial charge in [0.15, 0.2) is 4.33 Å². The number of alkyl halides is 2. The van der Waals surface area contributed by atoms with Crippen LogP contribution in [-0.2, 0) is 4.79 Å². The Morgan fingerprint density at radius 2 is 1.53 bits per heavy atom. The number of nitrogens with zero attached hydrogens (tertiary/aromatic N) is 2. The molecule has 1 heterocycles. The first-order valence-electron chi connectivity index (χ1n) is 11.4. The molecule has 3 nitrogen and oxygen atoms in total. The Balaban J connectivity index is 2.28. The van der Waals surface area contributed by atoms with Crippen LogP contribution < -0.4 is 4.90 Å². The van der Waals surface area contributed by atoms with E-state index in [1.807, 2.05) is 6.07 Å². The second-order valence-electron chi connectivity index (χ2n) is 7.81. The molecule has 0 saturated carbocycles. The fraction of sp³-hybridized carbons (Fsp3) is 0.667. The first-order chi connectivity index (χ1) is 14.5. The van der Waals surface area contributed by atoms with Crippen LogP contribution >= 0.6 is 34.8 Å². The van der Waals surface area contributed by atoms with Crippen LogP contribution in [0.4, 0.5) is 5.82 Å². The highest BCUT2D eigenvalue weighted by molar-refractivity contribution is 6.59. The molecule has 0 bridgehead atoms. The molecule has 0 saturated heterocycles. The maximum atomic E-state index is 12.9. The van der Waals surface area contributed by atoms with E-state index in [0.29, 0.717) is 12.2 Å². The van der Waals surface area contributed by atoms with Crippen molar-refractivity contribution in [3.63, 3.8) is 0 Å². The third-order valence-electron chi connectivity index (χ3n) is 5.21. The van der Waals surface area contributed by atoms with E-state index in [1.165, 1.54) is 68.2 Å². The molecular formula is C24H37Cl3N2O. The zero-order chi connectivity index (χ0) is 22.1. The van der Waals surface area contributed by atoms with Gasteiger partial charge in [0.2, 0.25) is 0 Å². The number of amides is 1. The Kier molecular flexibility index (Phi) is 15.3. The Hall–Kier alpha value is -0.770. The van der Waals surface area contributed by atoms with Crippen molar-refractivity contribution < 1.29 is 4.79 Å². The summed E-state index contributed by atoms with van der Waals surface area (Å²) in [6.45, 7) is 2.53. The lowest BCUT2D eigenvalue weighted by molar-refractivity contribution is -0.119. The third kappa shape index (κ3) is 11.6. The predicted octanol–water partition coefficient (Wildman–Crippen LogP) is 8.43. The molecule has 0 unspecified atom stereocenters. The van der Waals surface area contributed by atoms with Crippen molar-refractivity contribution in [1.82, 2.24) is 4.98 Å². The number of unbranched alkanes of at least 4 members (excludes halogenated alkanes) is 11. The van der Waals surface area contributed by atoms with Crippen LogP contribution in [0.5, 0.6) is 0 Å². The lowest BCUT2D eigenvalue weighted by atomic mass is 10.0. The molecule has 0 N–H and O–H groups in total. The molecule has 6 heteroatoms. The smallest absolute Gasteiger partial charge is 0.264 e. The third-order valence-corrected chi connectivity index (χ3v) is 6.08. The normalized spacial score (nSPS) is 11.9. The summed E-state index contributed by atoms with van der Waals surface area (Å²) in [6.07, 6.45) is 18.8. The quantitative estimate of drug-likeness (QED) is 0.167. The van der Waals surface area contributed by atoms with Crippen LogP contribution in [0.15, 0.2) is 36.0 Å². The van der Waals surface area contributed by atoms with E-state index in [1.54, 1.807) is 24.4 Å². The minimum Gasteiger partial charge on any atom is -0.290 e.